The van der Waals surface area contributed by atoms with Gasteiger partial charge < -0.3 is 9.55 Å². The first-order valence-electron chi connectivity index (χ1n) is 6.47. The number of aromatic nitrogens is 4. The van der Waals surface area contributed by atoms with Crippen LogP contribution >= 0.6 is 11.8 Å². The summed E-state index contributed by atoms with van der Waals surface area (Å²) in [5.41, 5.74) is 2.25. The number of fused-ring (bicyclic) bond motifs is 1. The Morgan fingerprint density at radius 1 is 1.21 bits per heavy atom. The zero-order valence-corrected chi connectivity index (χ0v) is 11.9. The van der Waals surface area contributed by atoms with Gasteiger partial charge in [0.1, 0.15) is 0 Å². The maximum Gasteiger partial charge on any atom is 0.191 e. The minimum Gasteiger partial charge on any atom is -0.360 e. The molecule has 1 N–H and O–H groups in total. The average Bonchev–Trinajstić information content (AvgIpc) is 3.02. The molecule has 0 aliphatic heterocycles. The van der Waals surface area contributed by atoms with Crippen LogP contribution in [0.5, 0.6) is 0 Å². The normalized spacial score (nSPS) is 11.3. The Labute approximate surface area is 116 Å². The fraction of sp³-hybridized carbons (Fsp3) is 0.286. The molecule has 0 aliphatic carbocycles. The number of rotatable bonds is 4. The van der Waals surface area contributed by atoms with Crippen LogP contribution < -0.4 is 0 Å². The molecule has 1 aromatic carbocycles. The maximum atomic E-state index is 4.37. The van der Waals surface area contributed by atoms with Gasteiger partial charge in [0, 0.05) is 29.2 Å². The summed E-state index contributed by atoms with van der Waals surface area (Å²) in [4.78, 5) is 3.29. The first-order chi connectivity index (χ1) is 9.35. The molecule has 3 rings (SSSR count). The van der Waals surface area contributed by atoms with E-state index in [4.69, 9.17) is 0 Å². The summed E-state index contributed by atoms with van der Waals surface area (Å²) in [6.45, 7) is 5.14. The number of nitrogens with one attached hydrogen (secondary N) is 1. The van der Waals surface area contributed by atoms with E-state index in [0.29, 0.717) is 0 Å². The molecule has 0 aliphatic rings. The molecule has 5 heteroatoms. The fourth-order valence-electron chi connectivity index (χ4n) is 2.27. The van der Waals surface area contributed by atoms with Gasteiger partial charge in [-0.15, -0.1) is 10.2 Å². The van der Waals surface area contributed by atoms with Crippen LogP contribution in [-0.2, 0) is 6.54 Å². The van der Waals surface area contributed by atoms with Gasteiger partial charge >= 0.3 is 0 Å². The molecule has 0 saturated carbocycles. The molecule has 0 fully saturated rings. The lowest BCUT2D eigenvalue weighted by atomic mass is 10.1. The third-order valence-electron chi connectivity index (χ3n) is 3.14. The van der Waals surface area contributed by atoms with Crippen molar-refractivity contribution in [3.05, 3.63) is 30.5 Å². The Kier molecular flexibility index (Phi) is 3.29. The van der Waals surface area contributed by atoms with E-state index in [9.17, 15) is 0 Å². The Balaban J connectivity index is 2.16. The van der Waals surface area contributed by atoms with Crippen molar-refractivity contribution in [1.29, 1.82) is 0 Å². The lowest BCUT2D eigenvalue weighted by Crippen LogP contribution is -1.99. The molecule has 0 amide bonds. The molecule has 3 aromatic rings. The molecule has 0 bridgehead atoms. The predicted octanol–water partition coefficient (Wildman–Crippen LogP) is 3.56. The minimum absolute atomic E-state index is 0.879. The van der Waals surface area contributed by atoms with Crippen molar-refractivity contribution in [1.82, 2.24) is 19.7 Å². The second-order valence-corrected chi connectivity index (χ2v) is 5.46. The molecule has 98 valence electrons. The number of para-hydroxylation sites is 1. The lowest BCUT2D eigenvalue weighted by molar-refractivity contribution is 0.688. The van der Waals surface area contributed by atoms with E-state index in [0.717, 1.165) is 34.4 Å². The SMILES string of the molecule is CCSc1nnc(-c2c[nH]c3ccccc23)n1CC. The van der Waals surface area contributed by atoms with Gasteiger partial charge in [-0.1, -0.05) is 36.9 Å². The van der Waals surface area contributed by atoms with Gasteiger partial charge in [0.25, 0.3) is 0 Å². The molecular formula is C14H16N4S. The van der Waals surface area contributed by atoms with Crippen molar-refractivity contribution in [3.8, 4) is 11.4 Å². The van der Waals surface area contributed by atoms with Crippen molar-refractivity contribution in [2.24, 2.45) is 0 Å². The van der Waals surface area contributed by atoms with E-state index in [1.807, 2.05) is 18.3 Å². The minimum atomic E-state index is 0.879. The summed E-state index contributed by atoms with van der Waals surface area (Å²) < 4.78 is 2.17. The Hall–Kier alpha value is -1.75. The van der Waals surface area contributed by atoms with Gasteiger partial charge in [-0.25, -0.2) is 0 Å². The van der Waals surface area contributed by atoms with Crippen LogP contribution in [0.1, 0.15) is 13.8 Å². The van der Waals surface area contributed by atoms with Crippen molar-refractivity contribution in [3.63, 3.8) is 0 Å². The smallest absolute Gasteiger partial charge is 0.191 e. The molecule has 0 spiro atoms. The van der Waals surface area contributed by atoms with Gasteiger partial charge in [0.15, 0.2) is 11.0 Å². The third kappa shape index (κ3) is 2.04. The zero-order chi connectivity index (χ0) is 13.2. The second-order valence-electron chi connectivity index (χ2n) is 4.23. The Morgan fingerprint density at radius 3 is 2.84 bits per heavy atom. The molecule has 0 saturated heterocycles. The van der Waals surface area contributed by atoms with Gasteiger partial charge in [-0.3, -0.25) is 0 Å². The van der Waals surface area contributed by atoms with Crippen LogP contribution in [0.4, 0.5) is 0 Å². The first-order valence-corrected chi connectivity index (χ1v) is 7.46. The molecule has 0 atom stereocenters. The van der Waals surface area contributed by atoms with E-state index < -0.39 is 0 Å². The highest BCUT2D eigenvalue weighted by molar-refractivity contribution is 7.99. The first kappa shape index (κ1) is 12.3. The highest BCUT2D eigenvalue weighted by atomic mass is 32.2. The van der Waals surface area contributed by atoms with Crippen molar-refractivity contribution < 1.29 is 0 Å². The molecule has 0 unspecified atom stereocenters. The van der Waals surface area contributed by atoms with Gasteiger partial charge in [-0.2, -0.15) is 0 Å². The highest BCUT2D eigenvalue weighted by Gasteiger charge is 2.15. The number of aromatic amines is 1. The number of H-pyrrole nitrogens is 1. The van der Waals surface area contributed by atoms with E-state index in [1.54, 1.807) is 11.8 Å². The maximum absolute atomic E-state index is 4.37. The van der Waals surface area contributed by atoms with Gasteiger partial charge in [0.05, 0.1) is 0 Å². The predicted molar refractivity (Wildman–Crippen MR) is 79.4 cm³/mol. The quantitative estimate of drug-likeness (QED) is 0.739. The number of hydrogen-bond donors (Lipinski definition) is 1. The summed E-state index contributed by atoms with van der Waals surface area (Å²) in [7, 11) is 0. The number of nitrogens with zero attached hydrogens (tertiary/aromatic N) is 3. The van der Waals surface area contributed by atoms with Crippen LogP contribution in [0.15, 0.2) is 35.6 Å². The standard InChI is InChI=1S/C14H16N4S/c1-3-18-13(16-17-14(18)19-4-2)11-9-15-12-8-6-5-7-10(11)12/h5-9,15H,3-4H2,1-2H3. The molecular weight excluding hydrogens is 256 g/mol. The van der Waals surface area contributed by atoms with Gasteiger partial charge in [-0.05, 0) is 18.7 Å². The lowest BCUT2D eigenvalue weighted by Gasteiger charge is -2.05. The van der Waals surface area contributed by atoms with E-state index in [1.165, 1.54) is 5.39 Å². The summed E-state index contributed by atoms with van der Waals surface area (Å²) in [6, 6.07) is 8.27. The van der Waals surface area contributed by atoms with Gasteiger partial charge in [0.2, 0.25) is 0 Å². The van der Waals surface area contributed by atoms with Crippen molar-refractivity contribution >= 4 is 22.7 Å². The monoisotopic (exact) mass is 272 g/mol. The molecule has 4 nitrogen and oxygen atoms in total. The van der Waals surface area contributed by atoms with E-state index >= 15 is 0 Å². The highest BCUT2D eigenvalue weighted by Crippen LogP contribution is 2.29. The fourth-order valence-corrected chi connectivity index (χ4v) is 2.99. The topological polar surface area (TPSA) is 46.5 Å². The summed E-state index contributed by atoms with van der Waals surface area (Å²) in [6.07, 6.45) is 2.02. The molecule has 19 heavy (non-hydrogen) atoms. The number of benzene rings is 1. The van der Waals surface area contributed by atoms with Crippen LogP contribution in [0.3, 0.4) is 0 Å². The summed E-state index contributed by atoms with van der Waals surface area (Å²) in [5, 5.41) is 10.9. The average molecular weight is 272 g/mol. The van der Waals surface area contributed by atoms with Crippen molar-refractivity contribution in [2.75, 3.05) is 5.75 Å². The zero-order valence-electron chi connectivity index (χ0n) is 11.1. The van der Waals surface area contributed by atoms with E-state index in [2.05, 4.69) is 45.7 Å². The third-order valence-corrected chi connectivity index (χ3v) is 3.99. The van der Waals surface area contributed by atoms with Crippen molar-refractivity contribution in [2.45, 2.75) is 25.5 Å². The van der Waals surface area contributed by atoms with Crippen LogP contribution in [0.2, 0.25) is 0 Å². The molecule has 2 aromatic heterocycles. The largest absolute Gasteiger partial charge is 0.360 e. The molecule has 0 radical (unpaired) electrons. The molecule has 2 heterocycles. The Bertz CT molecular complexity index is 698. The van der Waals surface area contributed by atoms with Crippen LogP contribution in [-0.4, -0.2) is 25.5 Å². The summed E-state index contributed by atoms with van der Waals surface area (Å²) in [5.74, 6) is 1.95. The number of thioether (sulfide) groups is 1. The van der Waals surface area contributed by atoms with Crippen LogP contribution in [0, 0.1) is 0 Å². The van der Waals surface area contributed by atoms with E-state index in [-0.39, 0.29) is 0 Å². The summed E-state index contributed by atoms with van der Waals surface area (Å²) >= 11 is 1.73. The number of hydrogen-bond acceptors (Lipinski definition) is 3. The second kappa shape index (κ2) is 5.09. The Morgan fingerprint density at radius 2 is 2.05 bits per heavy atom. The van der Waals surface area contributed by atoms with Crippen LogP contribution in [0.25, 0.3) is 22.3 Å².